The maximum atomic E-state index is 11.6. The minimum absolute atomic E-state index is 0.000865. The second kappa shape index (κ2) is 6.91. The third-order valence-electron chi connectivity index (χ3n) is 2.85. The molecule has 1 atom stereocenters. The van der Waals surface area contributed by atoms with Gasteiger partial charge in [-0.25, -0.2) is 0 Å². The molecule has 4 heteroatoms. The SMILES string of the molecule is CC(=O)[C@@H](C)Cc1ccc(C(=O)NCCO)cc1. The highest BCUT2D eigenvalue weighted by Crippen LogP contribution is 2.11. The normalized spacial score (nSPS) is 11.9. The zero-order valence-electron chi connectivity index (χ0n) is 10.8. The Labute approximate surface area is 107 Å². The molecule has 0 aliphatic heterocycles. The highest BCUT2D eigenvalue weighted by atomic mass is 16.3. The molecule has 0 heterocycles. The summed E-state index contributed by atoms with van der Waals surface area (Å²) in [4.78, 5) is 22.7. The van der Waals surface area contributed by atoms with E-state index >= 15 is 0 Å². The molecular formula is C14H19NO3. The first-order chi connectivity index (χ1) is 8.54. The third-order valence-corrected chi connectivity index (χ3v) is 2.85. The third kappa shape index (κ3) is 4.30. The van der Waals surface area contributed by atoms with Gasteiger partial charge in [0.25, 0.3) is 5.91 Å². The monoisotopic (exact) mass is 249 g/mol. The first kappa shape index (κ1) is 14.4. The van der Waals surface area contributed by atoms with E-state index in [2.05, 4.69) is 5.32 Å². The number of aliphatic hydroxyl groups is 1. The molecule has 2 N–H and O–H groups in total. The van der Waals surface area contributed by atoms with Crippen LogP contribution in [0.4, 0.5) is 0 Å². The van der Waals surface area contributed by atoms with Crippen LogP contribution in [0.3, 0.4) is 0 Å². The van der Waals surface area contributed by atoms with Gasteiger partial charge in [0.15, 0.2) is 0 Å². The summed E-state index contributed by atoms with van der Waals surface area (Å²) >= 11 is 0. The number of amides is 1. The van der Waals surface area contributed by atoms with Crippen molar-refractivity contribution in [3.05, 3.63) is 35.4 Å². The van der Waals surface area contributed by atoms with Crippen molar-refractivity contribution in [2.24, 2.45) is 5.92 Å². The Kier molecular flexibility index (Phi) is 5.52. The van der Waals surface area contributed by atoms with Gasteiger partial charge in [-0.05, 0) is 31.0 Å². The summed E-state index contributed by atoms with van der Waals surface area (Å²) in [5, 5.41) is 11.2. The molecule has 0 radical (unpaired) electrons. The lowest BCUT2D eigenvalue weighted by Gasteiger charge is -2.08. The Bertz CT molecular complexity index is 412. The topological polar surface area (TPSA) is 66.4 Å². The molecule has 1 rings (SSSR count). The molecule has 0 aromatic heterocycles. The van der Waals surface area contributed by atoms with Gasteiger partial charge in [-0.2, -0.15) is 0 Å². The van der Waals surface area contributed by atoms with Gasteiger partial charge >= 0.3 is 0 Å². The average molecular weight is 249 g/mol. The van der Waals surface area contributed by atoms with Gasteiger partial charge in [0, 0.05) is 18.0 Å². The molecule has 4 nitrogen and oxygen atoms in total. The fourth-order valence-electron chi connectivity index (χ4n) is 1.56. The second-order valence-corrected chi connectivity index (χ2v) is 4.39. The lowest BCUT2D eigenvalue weighted by atomic mass is 9.97. The van der Waals surface area contributed by atoms with Gasteiger partial charge in [0.1, 0.15) is 5.78 Å². The lowest BCUT2D eigenvalue weighted by Crippen LogP contribution is -2.26. The largest absolute Gasteiger partial charge is 0.395 e. The van der Waals surface area contributed by atoms with Gasteiger partial charge in [-0.3, -0.25) is 9.59 Å². The van der Waals surface area contributed by atoms with Crippen molar-refractivity contribution in [2.75, 3.05) is 13.2 Å². The minimum Gasteiger partial charge on any atom is -0.395 e. The average Bonchev–Trinajstić information content (AvgIpc) is 2.36. The van der Waals surface area contributed by atoms with E-state index in [1.807, 2.05) is 19.1 Å². The van der Waals surface area contributed by atoms with Gasteiger partial charge < -0.3 is 10.4 Å². The summed E-state index contributed by atoms with van der Waals surface area (Å²) in [5.74, 6) is -0.0333. The lowest BCUT2D eigenvalue weighted by molar-refractivity contribution is -0.120. The molecule has 0 unspecified atom stereocenters. The molecule has 0 saturated carbocycles. The number of hydrogen-bond acceptors (Lipinski definition) is 3. The van der Waals surface area contributed by atoms with Gasteiger partial charge in [0.05, 0.1) is 6.61 Å². The second-order valence-electron chi connectivity index (χ2n) is 4.39. The fraction of sp³-hybridized carbons (Fsp3) is 0.429. The Morgan fingerprint density at radius 1 is 1.28 bits per heavy atom. The van der Waals surface area contributed by atoms with E-state index < -0.39 is 0 Å². The van der Waals surface area contributed by atoms with Crippen molar-refractivity contribution in [2.45, 2.75) is 20.3 Å². The minimum atomic E-state index is -0.199. The molecule has 0 aliphatic carbocycles. The Morgan fingerprint density at radius 3 is 2.39 bits per heavy atom. The molecule has 18 heavy (non-hydrogen) atoms. The molecule has 1 aromatic carbocycles. The van der Waals surface area contributed by atoms with Crippen molar-refractivity contribution in [3.63, 3.8) is 0 Å². The van der Waals surface area contributed by atoms with Crippen molar-refractivity contribution >= 4 is 11.7 Å². The van der Waals surface area contributed by atoms with Crippen LogP contribution < -0.4 is 5.32 Å². The van der Waals surface area contributed by atoms with E-state index in [9.17, 15) is 9.59 Å². The van der Waals surface area contributed by atoms with Crippen LogP contribution in [-0.2, 0) is 11.2 Å². The van der Waals surface area contributed by atoms with E-state index in [1.165, 1.54) is 0 Å². The number of benzene rings is 1. The van der Waals surface area contributed by atoms with Gasteiger partial charge in [0.2, 0.25) is 0 Å². The van der Waals surface area contributed by atoms with Crippen LogP contribution in [0.5, 0.6) is 0 Å². The van der Waals surface area contributed by atoms with E-state index in [4.69, 9.17) is 5.11 Å². The summed E-state index contributed by atoms with van der Waals surface area (Å²) < 4.78 is 0. The molecule has 1 aromatic rings. The molecule has 1 amide bonds. The van der Waals surface area contributed by atoms with E-state index in [1.54, 1.807) is 19.1 Å². The number of ketones is 1. The molecule has 0 aliphatic rings. The smallest absolute Gasteiger partial charge is 0.251 e. The Hall–Kier alpha value is -1.68. The van der Waals surface area contributed by atoms with Crippen LogP contribution in [0.25, 0.3) is 0 Å². The number of carbonyl (C=O) groups is 2. The summed E-state index contributed by atoms with van der Waals surface area (Å²) in [6.45, 7) is 3.66. The van der Waals surface area contributed by atoms with Crippen molar-refractivity contribution in [1.82, 2.24) is 5.32 Å². The van der Waals surface area contributed by atoms with Crippen LogP contribution in [0.15, 0.2) is 24.3 Å². The predicted octanol–water partition coefficient (Wildman–Crippen LogP) is 1.18. The summed E-state index contributed by atoms with van der Waals surface area (Å²) in [5.41, 5.74) is 1.60. The van der Waals surface area contributed by atoms with Crippen LogP contribution in [-0.4, -0.2) is 29.9 Å². The molecule has 0 fully saturated rings. The highest BCUT2D eigenvalue weighted by Gasteiger charge is 2.09. The fourth-order valence-corrected chi connectivity index (χ4v) is 1.56. The van der Waals surface area contributed by atoms with Crippen molar-refractivity contribution < 1.29 is 14.7 Å². The quantitative estimate of drug-likeness (QED) is 0.795. The Balaban J connectivity index is 2.62. The zero-order chi connectivity index (χ0) is 13.5. The van der Waals surface area contributed by atoms with Crippen LogP contribution in [0, 0.1) is 5.92 Å². The van der Waals surface area contributed by atoms with Crippen LogP contribution >= 0.6 is 0 Å². The van der Waals surface area contributed by atoms with Crippen molar-refractivity contribution in [1.29, 1.82) is 0 Å². The van der Waals surface area contributed by atoms with E-state index in [0.717, 1.165) is 5.56 Å². The van der Waals surface area contributed by atoms with E-state index in [-0.39, 0.29) is 30.8 Å². The molecule has 0 saturated heterocycles. The summed E-state index contributed by atoms with van der Waals surface area (Å²) in [7, 11) is 0. The number of carbonyl (C=O) groups excluding carboxylic acids is 2. The number of nitrogens with one attached hydrogen (secondary N) is 1. The first-order valence-corrected chi connectivity index (χ1v) is 6.03. The Morgan fingerprint density at radius 2 is 1.89 bits per heavy atom. The van der Waals surface area contributed by atoms with Gasteiger partial charge in [-0.1, -0.05) is 19.1 Å². The first-order valence-electron chi connectivity index (χ1n) is 6.03. The maximum absolute atomic E-state index is 11.6. The standard InChI is InChI=1S/C14H19NO3/c1-10(11(2)17)9-12-3-5-13(6-4-12)14(18)15-7-8-16/h3-6,10,16H,7-9H2,1-2H3,(H,15,18)/t10-/m0/s1. The number of hydrogen-bond donors (Lipinski definition) is 2. The summed E-state index contributed by atoms with van der Waals surface area (Å²) in [6, 6.07) is 7.17. The number of aliphatic hydroxyl groups excluding tert-OH is 1. The van der Waals surface area contributed by atoms with E-state index in [0.29, 0.717) is 12.0 Å². The van der Waals surface area contributed by atoms with Gasteiger partial charge in [-0.15, -0.1) is 0 Å². The molecule has 0 bridgehead atoms. The molecule has 0 spiro atoms. The maximum Gasteiger partial charge on any atom is 0.251 e. The zero-order valence-corrected chi connectivity index (χ0v) is 10.8. The van der Waals surface area contributed by atoms with Crippen LogP contribution in [0.2, 0.25) is 0 Å². The molecule has 98 valence electrons. The van der Waals surface area contributed by atoms with Crippen molar-refractivity contribution in [3.8, 4) is 0 Å². The molecular weight excluding hydrogens is 230 g/mol. The number of rotatable bonds is 6. The van der Waals surface area contributed by atoms with Crippen LogP contribution in [0.1, 0.15) is 29.8 Å². The highest BCUT2D eigenvalue weighted by molar-refractivity contribution is 5.94. The number of Topliss-reactive ketones (excluding diaryl/α,β-unsaturated/α-hetero) is 1. The summed E-state index contributed by atoms with van der Waals surface area (Å²) in [6.07, 6.45) is 0.688. The predicted molar refractivity (Wildman–Crippen MR) is 69.4 cm³/mol.